The maximum Gasteiger partial charge on any atom is 0.340 e. The number of carbonyl (C=O) groups excluding carboxylic acids is 2. The second-order valence-electron chi connectivity index (χ2n) is 6.36. The van der Waals surface area contributed by atoms with Crippen LogP contribution in [-0.2, 0) is 16.1 Å². The standard InChI is InChI=1S/C20H20ClN3O4S2/c1-3-4-8-24-18(26)17-15(7-9-29-17)23-20(24)30-11-16(25)22-14-6-5-12(21)10-13(14)19(27)28-2/h5-7,9-10H,3-4,8,11H2,1-2H3,(H,22,25). The fourth-order valence-corrected chi connectivity index (χ4v) is 4.54. The third-order valence-corrected chi connectivity index (χ3v) is 6.36. The fourth-order valence-electron chi connectivity index (χ4n) is 2.77. The molecule has 3 aromatic rings. The summed E-state index contributed by atoms with van der Waals surface area (Å²) in [6.45, 7) is 2.59. The van der Waals surface area contributed by atoms with Crippen LogP contribution in [0.3, 0.4) is 0 Å². The molecule has 2 heterocycles. The van der Waals surface area contributed by atoms with E-state index >= 15 is 0 Å². The van der Waals surface area contributed by atoms with Gasteiger partial charge in [0.2, 0.25) is 5.91 Å². The quantitative estimate of drug-likeness (QED) is 0.300. The average molecular weight is 466 g/mol. The number of carbonyl (C=O) groups is 2. The Bertz CT molecular complexity index is 1140. The molecule has 0 unspecified atom stereocenters. The van der Waals surface area contributed by atoms with Gasteiger partial charge < -0.3 is 10.1 Å². The van der Waals surface area contributed by atoms with Crippen LogP contribution >= 0.6 is 34.7 Å². The molecule has 158 valence electrons. The first-order valence-corrected chi connectivity index (χ1v) is 11.5. The number of benzene rings is 1. The van der Waals surface area contributed by atoms with E-state index in [4.69, 9.17) is 16.3 Å². The van der Waals surface area contributed by atoms with Crippen LogP contribution < -0.4 is 10.9 Å². The van der Waals surface area contributed by atoms with Crippen molar-refractivity contribution >= 4 is 62.5 Å². The van der Waals surface area contributed by atoms with Gasteiger partial charge in [-0.1, -0.05) is 36.7 Å². The molecule has 0 spiro atoms. The second kappa shape index (κ2) is 10.1. The molecule has 0 atom stereocenters. The SMILES string of the molecule is CCCCn1c(SCC(=O)Nc2ccc(Cl)cc2C(=O)OC)nc2ccsc2c1=O. The number of ether oxygens (including phenoxy) is 1. The number of methoxy groups -OCH3 is 1. The Morgan fingerprint density at radius 2 is 2.13 bits per heavy atom. The number of halogens is 1. The number of nitrogens with zero attached hydrogens (tertiary/aromatic N) is 2. The molecule has 0 bridgehead atoms. The predicted molar refractivity (Wildman–Crippen MR) is 121 cm³/mol. The monoisotopic (exact) mass is 465 g/mol. The molecule has 30 heavy (non-hydrogen) atoms. The van der Waals surface area contributed by atoms with Gasteiger partial charge >= 0.3 is 5.97 Å². The van der Waals surface area contributed by atoms with Gasteiger partial charge in [-0.2, -0.15) is 0 Å². The highest BCUT2D eigenvalue weighted by Crippen LogP contribution is 2.24. The van der Waals surface area contributed by atoms with Crippen LogP contribution in [0.4, 0.5) is 5.69 Å². The van der Waals surface area contributed by atoms with Crippen molar-refractivity contribution in [3.8, 4) is 0 Å². The molecule has 0 saturated heterocycles. The number of thioether (sulfide) groups is 1. The summed E-state index contributed by atoms with van der Waals surface area (Å²) in [5.41, 5.74) is 1.02. The molecule has 1 aromatic carbocycles. The van der Waals surface area contributed by atoms with E-state index in [-0.39, 0.29) is 22.8 Å². The number of nitrogens with one attached hydrogen (secondary N) is 1. The van der Waals surface area contributed by atoms with Crippen molar-refractivity contribution in [3.05, 3.63) is 50.6 Å². The minimum atomic E-state index is -0.599. The zero-order valence-corrected chi connectivity index (χ0v) is 18.8. The van der Waals surface area contributed by atoms with E-state index in [1.807, 2.05) is 12.3 Å². The summed E-state index contributed by atoms with van der Waals surface area (Å²) < 4.78 is 6.98. The lowest BCUT2D eigenvalue weighted by molar-refractivity contribution is -0.113. The minimum Gasteiger partial charge on any atom is -0.465 e. The smallest absolute Gasteiger partial charge is 0.340 e. The normalized spacial score (nSPS) is 10.9. The Morgan fingerprint density at radius 3 is 2.87 bits per heavy atom. The predicted octanol–water partition coefficient (Wildman–Crippen LogP) is 4.43. The molecule has 1 amide bonds. The summed E-state index contributed by atoms with van der Waals surface area (Å²) in [4.78, 5) is 41.8. The molecule has 0 fully saturated rings. The molecule has 0 saturated carbocycles. The summed E-state index contributed by atoms with van der Waals surface area (Å²) in [7, 11) is 1.26. The Morgan fingerprint density at radius 1 is 1.33 bits per heavy atom. The van der Waals surface area contributed by atoms with E-state index < -0.39 is 5.97 Å². The van der Waals surface area contributed by atoms with E-state index in [9.17, 15) is 14.4 Å². The van der Waals surface area contributed by atoms with Crippen LogP contribution in [0.5, 0.6) is 0 Å². The summed E-state index contributed by atoms with van der Waals surface area (Å²) in [6, 6.07) is 6.35. The van der Waals surface area contributed by atoms with Crippen LogP contribution in [0, 0.1) is 0 Å². The average Bonchev–Trinajstić information content (AvgIpc) is 3.21. The van der Waals surface area contributed by atoms with E-state index in [0.29, 0.717) is 32.6 Å². The van der Waals surface area contributed by atoms with Crippen LogP contribution in [0.2, 0.25) is 5.02 Å². The van der Waals surface area contributed by atoms with E-state index in [1.54, 1.807) is 22.8 Å². The van der Waals surface area contributed by atoms with E-state index in [2.05, 4.69) is 10.3 Å². The van der Waals surface area contributed by atoms with Gasteiger partial charge in [0.1, 0.15) is 4.70 Å². The lowest BCUT2D eigenvalue weighted by Gasteiger charge is -2.12. The maximum atomic E-state index is 12.8. The molecule has 0 aliphatic rings. The number of unbranched alkanes of at least 4 members (excludes halogenated alkanes) is 1. The highest BCUT2D eigenvalue weighted by atomic mass is 35.5. The van der Waals surface area contributed by atoms with E-state index in [0.717, 1.165) is 12.8 Å². The summed E-state index contributed by atoms with van der Waals surface area (Å²) in [6.07, 6.45) is 1.78. The van der Waals surface area contributed by atoms with Gasteiger partial charge in [-0.15, -0.1) is 11.3 Å². The van der Waals surface area contributed by atoms with Gasteiger partial charge in [-0.25, -0.2) is 9.78 Å². The number of rotatable bonds is 8. The van der Waals surface area contributed by atoms with Crippen molar-refractivity contribution in [3.63, 3.8) is 0 Å². The van der Waals surface area contributed by atoms with Crippen molar-refractivity contribution in [2.24, 2.45) is 0 Å². The van der Waals surface area contributed by atoms with Crippen LogP contribution in [0.25, 0.3) is 10.2 Å². The van der Waals surface area contributed by atoms with Crippen LogP contribution in [0.15, 0.2) is 39.6 Å². The molecular formula is C20H20ClN3O4S2. The third-order valence-electron chi connectivity index (χ3n) is 4.26. The largest absolute Gasteiger partial charge is 0.465 e. The number of amides is 1. The fraction of sp³-hybridized carbons (Fsp3) is 0.300. The molecule has 1 N–H and O–H groups in total. The highest BCUT2D eigenvalue weighted by Gasteiger charge is 2.17. The van der Waals surface area contributed by atoms with Crippen molar-refractivity contribution in [2.45, 2.75) is 31.5 Å². The summed E-state index contributed by atoms with van der Waals surface area (Å²) >= 11 is 8.49. The van der Waals surface area contributed by atoms with Crippen molar-refractivity contribution < 1.29 is 14.3 Å². The highest BCUT2D eigenvalue weighted by molar-refractivity contribution is 7.99. The van der Waals surface area contributed by atoms with Crippen LogP contribution in [-0.4, -0.2) is 34.3 Å². The molecule has 7 nitrogen and oxygen atoms in total. The van der Waals surface area contributed by atoms with E-state index in [1.165, 1.54) is 36.3 Å². The maximum absolute atomic E-state index is 12.8. The second-order valence-corrected chi connectivity index (χ2v) is 8.65. The Labute approximate surface area is 186 Å². The number of esters is 1. The first-order valence-electron chi connectivity index (χ1n) is 9.23. The molecule has 0 aliphatic heterocycles. The molecular weight excluding hydrogens is 446 g/mol. The third kappa shape index (κ3) is 5.03. The topological polar surface area (TPSA) is 90.3 Å². The number of aromatic nitrogens is 2. The van der Waals surface area contributed by atoms with Crippen LogP contribution in [0.1, 0.15) is 30.1 Å². The number of thiophene rings is 1. The molecule has 0 radical (unpaired) electrons. The Balaban J connectivity index is 1.79. The number of anilines is 1. The van der Waals surface area contributed by atoms with Gasteiger partial charge in [0.25, 0.3) is 5.56 Å². The van der Waals surface area contributed by atoms with Gasteiger partial charge in [0.05, 0.1) is 29.6 Å². The first-order chi connectivity index (χ1) is 14.4. The Hall–Kier alpha value is -2.36. The molecule has 10 heteroatoms. The minimum absolute atomic E-state index is 0.0252. The number of hydrogen-bond donors (Lipinski definition) is 1. The van der Waals surface area contributed by atoms with Gasteiger partial charge in [0, 0.05) is 11.6 Å². The van der Waals surface area contributed by atoms with Crippen molar-refractivity contribution in [1.29, 1.82) is 0 Å². The lowest BCUT2D eigenvalue weighted by atomic mass is 10.2. The zero-order valence-electron chi connectivity index (χ0n) is 16.4. The number of fused-ring (bicyclic) bond motifs is 1. The Kier molecular flexibility index (Phi) is 7.52. The van der Waals surface area contributed by atoms with Crippen molar-refractivity contribution in [2.75, 3.05) is 18.2 Å². The summed E-state index contributed by atoms with van der Waals surface area (Å²) in [5.74, 6) is -0.912. The molecule has 2 aromatic heterocycles. The molecule has 3 rings (SSSR count). The van der Waals surface area contributed by atoms with Gasteiger partial charge in [0.15, 0.2) is 5.16 Å². The zero-order chi connectivity index (χ0) is 21.7. The van der Waals surface area contributed by atoms with Crippen molar-refractivity contribution in [1.82, 2.24) is 9.55 Å². The number of hydrogen-bond acceptors (Lipinski definition) is 7. The lowest BCUT2D eigenvalue weighted by Crippen LogP contribution is -2.24. The first kappa shape index (κ1) is 22.3. The molecule has 0 aliphatic carbocycles. The van der Waals surface area contributed by atoms with Gasteiger partial charge in [-0.05, 0) is 36.1 Å². The summed E-state index contributed by atoms with van der Waals surface area (Å²) in [5, 5.41) is 5.39. The van der Waals surface area contributed by atoms with Gasteiger partial charge in [-0.3, -0.25) is 14.2 Å².